The van der Waals surface area contributed by atoms with Crippen molar-refractivity contribution in [2.24, 2.45) is 0 Å². The number of amides is 1. The van der Waals surface area contributed by atoms with Crippen LogP contribution >= 0.6 is 0 Å². The van der Waals surface area contributed by atoms with Gasteiger partial charge in [-0.2, -0.15) is 4.31 Å². The predicted octanol–water partition coefficient (Wildman–Crippen LogP) is 1.78. The van der Waals surface area contributed by atoms with E-state index in [1.807, 2.05) is 0 Å². The maximum atomic E-state index is 13.9. The molecule has 2 aromatic rings. The van der Waals surface area contributed by atoms with Gasteiger partial charge in [0, 0.05) is 32.2 Å². The third-order valence-electron chi connectivity index (χ3n) is 4.52. The van der Waals surface area contributed by atoms with Crippen molar-refractivity contribution in [1.29, 1.82) is 0 Å². The summed E-state index contributed by atoms with van der Waals surface area (Å²) in [6.07, 6.45) is 0. The smallest absolute Gasteiger partial charge is 0.310 e. The zero-order valence-corrected chi connectivity index (χ0v) is 16.3. The number of halogens is 2. The second kappa shape index (κ2) is 8.71. The summed E-state index contributed by atoms with van der Waals surface area (Å²) in [4.78, 5) is 23.0. The number of hydrogen-bond donors (Lipinski definition) is 0. The molecular formula is C18H17F2N3O6S. The van der Waals surface area contributed by atoms with Crippen LogP contribution in [0, 0.1) is 21.7 Å². The van der Waals surface area contributed by atoms with Gasteiger partial charge in [-0.05, 0) is 18.2 Å². The lowest BCUT2D eigenvalue weighted by Gasteiger charge is -2.34. The summed E-state index contributed by atoms with van der Waals surface area (Å²) >= 11 is 0. The normalized spacial score (nSPS) is 15.1. The topological polar surface area (TPSA) is 110 Å². The molecule has 0 saturated carbocycles. The van der Waals surface area contributed by atoms with Gasteiger partial charge in [0.1, 0.15) is 11.6 Å². The molecule has 1 aliphatic heterocycles. The number of nitro groups is 1. The zero-order valence-electron chi connectivity index (χ0n) is 15.5. The quantitative estimate of drug-likeness (QED) is 0.499. The van der Waals surface area contributed by atoms with E-state index >= 15 is 0 Å². The van der Waals surface area contributed by atoms with Crippen molar-refractivity contribution in [3.63, 3.8) is 0 Å². The number of para-hydroxylation sites is 2. The molecule has 30 heavy (non-hydrogen) atoms. The third-order valence-corrected chi connectivity index (χ3v) is 6.47. The standard InChI is InChI=1S/C18H17F2N3O6S/c19-13-4-3-5-14(20)18(13)30(27,28)22-10-8-21(9-11-22)17(24)12-29-16-7-2-1-6-15(16)23(25)26/h1-7H,8-12H2. The fourth-order valence-electron chi connectivity index (χ4n) is 3.00. The molecule has 0 aromatic heterocycles. The minimum absolute atomic E-state index is 0.0195. The van der Waals surface area contributed by atoms with Crippen LogP contribution in [0.4, 0.5) is 14.5 Å². The van der Waals surface area contributed by atoms with Gasteiger partial charge in [0.15, 0.2) is 17.3 Å². The Morgan fingerprint density at radius 3 is 2.23 bits per heavy atom. The van der Waals surface area contributed by atoms with Crippen molar-refractivity contribution < 1.29 is 31.7 Å². The molecule has 160 valence electrons. The zero-order chi connectivity index (χ0) is 21.9. The summed E-state index contributed by atoms with van der Waals surface area (Å²) in [6, 6.07) is 8.37. The molecular weight excluding hydrogens is 424 g/mol. The summed E-state index contributed by atoms with van der Waals surface area (Å²) in [6.45, 7) is -0.830. The minimum atomic E-state index is -4.40. The second-order valence-corrected chi connectivity index (χ2v) is 8.22. The van der Waals surface area contributed by atoms with Gasteiger partial charge in [-0.3, -0.25) is 14.9 Å². The first-order valence-corrected chi connectivity index (χ1v) is 10.2. The monoisotopic (exact) mass is 441 g/mol. The Balaban J connectivity index is 1.62. The maximum absolute atomic E-state index is 13.9. The molecule has 0 atom stereocenters. The lowest BCUT2D eigenvalue weighted by molar-refractivity contribution is -0.385. The van der Waals surface area contributed by atoms with Crippen molar-refractivity contribution in [2.75, 3.05) is 32.8 Å². The number of sulfonamides is 1. The molecule has 2 aromatic carbocycles. The van der Waals surface area contributed by atoms with Gasteiger partial charge < -0.3 is 9.64 Å². The number of nitro benzene ring substituents is 1. The molecule has 0 radical (unpaired) electrons. The summed E-state index contributed by atoms with van der Waals surface area (Å²) in [5.74, 6) is -2.94. The van der Waals surface area contributed by atoms with Crippen LogP contribution < -0.4 is 4.74 Å². The molecule has 0 bridgehead atoms. The number of carbonyl (C=O) groups excluding carboxylic acids is 1. The number of nitrogens with zero attached hydrogens (tertiary/aromatic N) is 3. The van der Waals surface area contributed by atoms with Crippen LogP contribution in [0.1, 0.15) is 0 Å². The SMILES string of the molecule is O=C(COc1ccccc1[N+](=O)[O-])N1CCN(S(=O)(=O)c2c(F)cccc2F)CC1. The van der Waals surface area contributed by atoms with Gasteiger partial charge >= 0.3 is 5.69 Å². The molecule has 1 fully saturated rings. The van der Waals surface area contributed by atoms with Crippen LogP contribution in [-0.4, -0.2) is 61.2 Å². The highest BCUT2D eigenvalue weighted by Gasteiger charge is 2.34. The van der Waals surface area contributed by atoms with Crippen molar-refractivity contribution >= 4 is 21.6 Å². The molecule has 0 N–H and O–H groups in total. The summed E-state index contributed by atoms with van der Waals surface area (Å²) < 4.78 is 59.1. The van der Waals surface area contributed by atoms with Gasteiger partial charge in [0.25, 0.3) is 5.91 Å². The van der Waals surface area contributed by atoms with Gasteiger partial charge in [-0.25, -0.2) is 17.2 Å². The van der Waals surface area contributed by atoms with Crippen molar-refractivity contribution in [3.8, 4) is 5.75 Å². The van der Waals surface area contributed by atoms with Crippen LogP contribution in [0.2, 0.25) is 0 Å². The van der Waals surface area contributed by atoms with E-state index in [2.05, 4.69) is 0 Å². The summed E-state index contributed by atoms with van der Waals surface area (Å²) in [5, 5.41) is 11.0. The Bertz CT molecular complexity index is 1050. The van der Waals surface area contributed by atoms with Crippen LogP contribution in [0.3, 0.4) is 0 Å². The van der Waals surface area contributed by atoms with Crippen LogP contribution in [0.5, 0.6) is 5.75 Å². The molecule has 1 saturated heterocycles. The van der Waals surface area contributed by atoms with E-state index in [1.165, 1.54) is 29.2 Å². The predicted molar refractivity (Wildman–Crippen MR) is 100 cm³/mol. The maximum Gasteiger partial charge on any atom is 0.310 e. The van der Waals surface area contributed by atoms with E-state index in [9.17, 15) is 32.1 Å². The fraction of sp³-hybridized carbons (Fsp3) is 0.278. The molecule has 0 aliphatic carbocycles. The fourth-order valence-corrected chi connectivity index (χ4v) is 4.53. The molecule has 1 heterocycles. The highest BCUT2D eigenvalue weighted by atomic mass is 32.2. The van der Waals surface area contributed by atoms with Gasteiger partial charge in [-0.1, -0.05) is 18.2 Å². The van der Waals surface area contributed by atoms with E-state index in [0.29, 0.717) is 0 Å². The average molecular weight is 441 g/mol. The largest absolute Gasteiger partial charge is 0.477 e. The average Bonchev–Trinajstić information content (AvgIpc) is 2.72. The van der Waals surface area contributed by atoms with Crippen LogP contribution in [0.15, 0.2) is 47.4 Å². The van der Waals surface area contributed by atoms with Crippen LogP contribution in [-0.2, 0) is 14.8 Å². The number of rotatable bonds is 6. The highest BCUT2D eigenvalue weighted by Crippen LogP contribution is 2.26. The van der Waals surface area contributed by atoms with Gasteiger partial charge in [-0.15, -0.1) is 0 Å². The van der Waals surface area contributed by atoms with Gasteiger partial charge in [0.05, 0.1) is 4.92 Å². The van der Waals surface area contributed by atoms with Crippen LogP contribution in [0.25, 0.3) is 0 Å². The van der Waals surface area contributed by atoms with E-state index in [1.54, 1.807) is 0 Å². The van der Waals surface area contributed by atoms with E-state index in [-0.39, 0.29) is 37.6 Å². The Morgan fingerprint density at radius 2 is 1.63 bits per heavy atom. The second-order valence-electron chi connectivity index (χ2n) is 6.35. The minimum Gasteiger partial charge on any atom is -0.477 e. The number of piperazine rings is 1. The first kappa shape index (κ1) is 21.6. The van der Waals surface area contributed by atoms with E-state index in [0.717, 1.165) is 22.5 Å². The Labute approximate surface area is 170 Å². The number of hydrogen-bond acceptors (Lipinski definition) is 6. The third kappa shape index (κ3) is 4.39. The Hall–Kier alpha value is -3.12. The molecule has 3 rings (SSSR count). The molecule has 0 unspecified atom stereocenters. The highest BCUT2D eigenvalue weighted by molar-refractivity contribution is 7.89. The first-order valence-electron chi connectivity index (χ1n) is 8.80. The molecule has 12 heteroatoms. The molecule has 1 aliphatic rings. The van der Waals surface area contributed by atoms with Crippen molar-refractivity contribution in [3.05, 3.63) is 64.2 Å². The lowest BCUT2D eigenvalue weighted by atomic mass is 10.3. The van der Waals surface area contributed by atoms with Gasteiger partial charge in [0.2, 0.25) is 10.0 Å². The number of ether oxygens (including phenoxy) is 1. The molecule has 0 spiro atoms. The Kier molecular flexibility index (Phi) is 6.27. The first-order chi connectivity index (χ1) is 14.2. The number of benzene rings is 2. The summed E-state index contributed by atoms with van der Waals surface area (Å²) in [7, 11) is -4.40. The Morgan fingerprint density at radius 1 is 1.03 bits per heavy atom. The van der Waals surface area contributed by atoms with Crippen molar-refractivity contribution in [2.45, 2.75) is 4.90 Å². The van der Waals surface area contributed by atoms with Crippen molar-refractivity contribution in [1.82, 2.24) is 9.21 Å². The van der Waals surface area contributed by atoms with E-state index in [4.69, 9.17) is 4.74 Å². The number of carbonyl (C=O) groups is 1. The molecule has 1 amide bonds. The summed E-state index contributed by atoms with van der Waals surface area (Å²) in [5.41, 5.74) is -0.284. The lowest BCUT2D eigenvalue weighted by Crippen LogP contribution is -2.51. The van der Waals surface area contributed by atoms with E-state index < -0.39 is 44.0 Å². The molecule has 9 nitrogen and oxygen atoms in total.